The van der Waals surface area contributed by atoms with Crippen LogP contribution in [0.2, 0.25) is 0 Å². The van der Waals surface area contributed by atoms with E-state index < -0.39 is 7.60 Å². The predicted molar refractivity (Wildman–Crippen MR) is 124 cm³/mol. The first-order valence-corrected chi connectivity index (χ1v) is 14.1. The highest BCUT2D eigenvalue weighted by atomic mass is 31.2. The zero-order valence-electron chi connectivity index (χ0n) is 20.0. The van der Waals surface area contributed by atoms with Gasteiger partial charge in [0.2, 0.25) is 0 Å². The lowest BCUT2D eigenvalue weighted by Crippen LogP contribution is -2.22. The van der Waals surface area contributed by atoms with Crippen LogP contribution in [0.15, 0.2) is 0 Å². The molecule has 0 spiro atoms. The molecular formula is C24H51O3P. The quantitative estimate of drug-likeness (QED) is 0.146. The van der Waals surface area contributed by atoms with Crippen molar-refractivity contribution >= 4 is 7.60 Å². The van der Waals surface area contributed by atoms with Gasteiger partial charge in [-0.05, 0) is 38.5 Å². The smallest absolute Gasteiger partial charge is 0.305 e. The van der Waals surface area contributed by atoms with Crippen molar-refractivity contribution in [3.63, 3.8) is 0 Å². The Balaban J connectivity index is 5.25. The van der Waals surface area contributed by atoms with E-state index in [9.17, 15) is 4.57 Å². The van der Waals surface area contributed by atoms with Crippen LogP contribution in [0.1, 0.15) is 138 Å². The fourth-order valence-corrected chi connectivity index (χ4v) is 6.42. The van der Waals surface area contributed by atoms with E-state index in [1.165, 1.54) is 38.5 Å². The van der Waals surface area contributed by atoms with Crippen molar-refractivity contribution < 1.29 is 13.6 Å². The fourth-order valence-electron chi connectivity index (χ4n) is 3.74. The van der Waals surface area contributed by atoms with Crippen LogP contribution < -0.4 is 0 Å². The molecule has 0 rings (SSSR count). The topological polar surface area (TPSA) is 35.5 Å². The van der Waals surface area contributed by atoms with Crippen molar-refractivity contribution in [2.24, 2.45) is 0 Å². The first-order valence-electron chi connectivity index (χ1n) is 12.5. The maximum absolute atomic E-state index is 14.1. The van der Waals surface area contributed by atoms with Crippen molar-refractivity contribution in [1.29, 1.82) is 0 Å². The Hall–Kier alpha value is 0.150. The molecule has 4 heteroatoms. The number of hydrogen-bond acceptors (Lipinski definition) is 3. The second-order valence-corrected chi connectivity index (χ2v) is 10.6. The Bertz CT molecular complexity index is 362. The third-order valence-electron chi connectivity index (χ3n) is 5.82. The normalized spacial score (nSPS) is 17.2. The van der Waals surface area contributed by atoms with E-state index in [2.05, 4.69) is 41.5 Å². The first-order chi connectivity index (χ1) is 13.5. The van der Waals surface area contributed by atoms with Crippen molar-refractivity contribution in [3.8, 4) is 0 Å². The second kappa shape index (κ2) is 18.0. The minimum atomic E-state index is -3.11. The number of rotatable bonds is 20. The summed E-state index contributed by atoms with van der Waals surface area (Å²) in [5.74, 6) is 0. The molecule has 0 aromatic rings. The predicted octanol–water partition coefficient (Wildman–Crippen LogP) is 9.29. The van der Waals surface area contributed by atoms with Crippen molar-refractivity contribution in [2.75, 3.05) is 0 Å². The molecule has 0 fully saturated rings. The third-order valence-corrected chi connectivity index (χ3v) is 8.52. The molecule has 3 unspecified atom stereocenters. The van der Waals surface area contributed by atoms with Gasteiger partial charge < -0.3 is 9.05 Å². The van der Waals surface area contributed by atoms with E-state index in [0.717, 1.165) is 57.8 Å². The SMILES string of the molecule is CCCCCC(CC)OP(=O)(OC(CC)CCCCC)C(CC)CCCCC. The van der Waals surface area contributed by atoms with Crippen LogP contribution in [0.4, 0.5) is 0 Å². The summed E-state index contributed by atoms with van der Waals surface area (Å²) < 4.78 is 26.9. The highest BCUT2D eigenvalue weighted by Crippen LogP contribution is 2.59. The van der Waals surface area contributed by atoms with Gasteiger partial charge in [-0.15, -0.1) is 0 Å². The monoisotopic (exact) mass is 418 g/mol. The summed E-state index contributed by atoms with van der Waals surface area (Å²) in [7, 11) is -3.11. The molecule has 0 heterocycles. The van der Waals surface area contributed by atoms with Crippen LogP contribution in [0.3, 0.4) is 0 Å². The van der Waals surface area contributed by atoms with Crippen LogP contribution in [0, 0.1) is 0 Å². The minimum Gasteiger partial charge on any atom is -0.305 e. The molecule has 0 bridgehead atoms. The Morgan fingerprint density at radius 3 is 1.29 bits per heavy atom. The minimum absolute atomic E-state index is 0.0412. The highest BCUT2D eigenvalue weighted by molar-refractivity contribution is 7.54. The summed E-state index contributed by atoms with van der Waals surface area (Å²) >= 11 is 0. The van der Waals surface area contributed by atoms with Gasteiger partial charge in [-0.2, -0.15) is 0 Å². The Morgan fingerprint density at radius 2 is 0.964 bits per heavy atom. The summed E-state index contributed by atoms with van der Waals surface area (Å²) in [6, 6.07) is 0. The lowest BCUT2D eigenvalue weighted by atomic mass is 10.1. The molecule has 0 saturated heterocycles. The summed E-state index contributed by atoms with van der Waals surface area (Å²) in [6.07, 6.45) is 16.4. The van der Waals surface area contributed by atoms with Gasteiger partial charge in [-0.1, -0.05) is 99.3 Å². The third kappa shape index (κ3) is 12.0. The molecule has 0 N–H and O–H groups in total. The van der Waals surface area contributed by atoms with Gasteiger partial charge in [0.1, 0.15) is 0 Å². The fraction of sp³-hybridized carbons (Fsp3) is 1.00. The van der Waals surface area contributed by atoms with Gasteiger partial charge >= 0.3 is 7.60 Å². The Kier molecular flexibility index (Phi) is 18.1. The molecule has 0 aliphatic rings. The van der Waals surface area contributed by atoms with Gasteiger partial charge in [-0.25, -0.2) is 0 Å². The van der Waals surface area contributed by atoms with E-state index in [-0.39, 0.29) is 17.9 Å². The van der Waals surface area contributed by atoms with Crippen LogP contribution in [-0.4, -0.2) is 17.9 Å². The summed E-state index contributed by atoms with van der Waals surface area (Å²) in [5.41, 5.74) is 0.0412. The van der Waals surface area contributed by atoms with E-state index in [4.69, 9.17) is 9.05 Å². The van der Waals surface area contributed by atoms with Gasteiger partial charge in [-0.3, -0.25) is 4.57 Å². The number of unbranched alkanes of at least 4 members (excludes halogenated alkanes) is 6. The molecule has 0 aromatic heterocycles. The molecular weight excluding hydrogens is 367 g/mol. The molecule has 28 heavy (non-hydrogen) atoms. The van der Waals surface area contributed by atoms with Gasteiger partial charge in [0.15, 0.2) is 0 Å². The van der Waals surface area contributed by atoms with Crippen LogP contribution in [0.25, 0.3) is 0 Å². The molecule has 0 amide bonds. The number of hydrogen-bond donors (Lipinski definition) is 0. The summed E-state index contributed by atoms with van der Waals surface area (Å²) in [4.78, 5) is 0. The Morgan fingerprint density at radius 1 is 0.571 bits per heavy atom. The zero-order valence-corrected chi connectivity index (χ0v) is 20.9. The van der Waals surface area contributed by atoms with Gasteiger partial charge in [0.05, 0.1) is 17.9 Å². The summed E-state index contributed by atoms with van der Waals surface area (Å²) in [5, 5.41) is 0. The van der Waals surface area contributed by atoms with Crippen LogP contribution >= 0.6 is 7.60 Å². The second-order valence-electron chi connectivity index (χ2n) is 8.36. The van der Waals surface area contributed by atoms with Crippen molar-refractivity contribution in [2.45, 2.75) is 156 Å². The van der Waals surface area contributed by atoms with E-state index in [1.807, 2.05) is 0 Å². The standard InChI is InChI=1S/C24H51O3P/c1-7-13-16-19-22(10-4)26-28(25,24(12-6)21-18-15-9-3)27-23(11-5)20-17-14-8-2/h22-24H,7-21H2,1-6H3. The van der Waals surface area contributed by atoms with E-state index in [0.29, 0.717) is 0 Å². The largest absolute Gasteiger partial charge is 0.334 e. The van der Waals surface area contributed by atoms with Gasteiger partial charge in [0, 0.05) is 0 Å². The molecule has 0 aromatic carbocycles. The van der Waals surface area contributed by atoms with Gasteiger partial charge in [0.25, 0.3) is 0 Å². The molecule has 0 radical (unpaired) electrons. The lowest BCUT2D eigenvalue weighted by molar-refractivity contribution is 0.0923. The van der Waals surface area contributed by atoms with Crippen molar-refractivity contribution in [1.82, 2.24) is 0 Å². The van der Waals surface area contributed by atoms with E-state index in [1.54, 1.807) is 0 Å². The zero-order chi connectivity index (χ0) is 21.3. The molecule has 0 aliphatic carbocycles. The van der Waals surface area contributed by atoms with Crippen LogP contribution in [0.5, 0.6) is 0 Å². The Labute approximate surface area is 177 Å². The van der Waals surface area contributed by atoms with Crippen molar-refractivity contribution in [3.05, 3.63) is 0 Å². The highest BCUT2D eigenvalue weighted by Gasteiger charge is 2.38. The maximum Gasteiger partial charge on any atom is 0.334 e. The molecule has 3 nitrogen and oxygen atoms in total. The van der Waals surface area contributed by atoms with E-state index >= 15 is 0 Å². The molecule has 0 aliphatic heterocycles. The molecule has 170 valence electrons. The first kappa shape index (κ1) is 28.1. The molecule has 3 atom stereocenters. The average molecular weight is 419 g/mol. The molecule has 0 saturated carbocycles. The maximum atomic E-state index is 14.1. The summed E-state index contributed by atoms with van der Waals surface area (Å²) in [6.45, 7) is 13.1. The van der Waals surface area contributed by atoms with Crippen LogP contribution in [-0.2, 0) is 13.6 Å². The average Bonchev–Trinajstić information content (AvgIpc) is 2.70. The lowest BCUT2D eigenvalue weighted by Gasteiger charge is -2.32.